The zero-order valence-corrected chi connectivity index (χ0v) is 10.6. The third-order valence-corrected chi connectivity index (χ3v) is 4.61. The number of nitrogens with zero attached hydrogens (tertiary/aromatic N) is 2. The van der Waals surface area contributed by atoms with Crippen molar-refractivity contribution in [1.82, 2.24) is 9.80 Å². The van der Waals surface area contributed by atoms with Gasteiger partial charge >= 0.3 is 0 Å². The zero-order chi connectivity index (χ0) is 10.8. The number of hydrogen-bond acceptors (Lipinski definition) is 3. The molecule has 0 spiro atoms. The first-order valence-electron chi connectivity index (χ1n) is 6.39. The Balaban J connectivity index is 1.63. The highest BCUT2D eigenvalue weighted by Crippen LogP contribution is 2.22. The molecular weight excluding hydrogens is 216 g/mol. The van der Waals surface area contributed by atoms with Gasteiger partial charge in [0.1, 0.15) is 0 Å². The van der Waals surface area contributed by atoms with E-state index in [-0.39, 0.29) is 0 Å². The number of hydrogen-bond donors (Lipinski definition) is 0. The Morgan fingerprint density at radius 3 is 3.06 bits per heavy atom. The van der Waals surface area contributed by atoms with Crippen molar-refractivity contribution in [2.24, 2.45) is 0 Å². The van der Waals surface area contributed by atoms with Gasteiger partial charge in [0.25, 0.3) is 0 Å². The van der Waals surface area contributed by atoms with Gasteiger partial charge in [-0.25, -0.2) is 0 Å². The van der Waals surface area contributed by atoms with E-state index in [0.717, 1.165) is 12.6 Å². The van der Waals surface area contributed by atoms with E-state index in [4.69, 9.17) is 0 Å². The maximum Gasteiger partial charge on any atom is 0.0242 e. The van der Waals surface area contributed by atoms with Crippen molar-refractivity contribution in [3.63, 3.8) is 0 Å². The van der Waals surface area contributed by atoms with E-state index >= 15 is 0 Å². The molecule has 0 aromatic carbocycles. The molecule has 2 saturated heterocycles. The molecule has 1 unspecified atom stereocenters. The van der Waals surface area contributed by atoms with Gasteiger partial charge in [0.2, 0.25) is 0 Å². The lowest BCUT2D eigenvalue weighted by molar-refractivity contribution is 0.215. The van der Waals surface area contributed by atoms with Crippen LogP contribution in [0.1, 0.15) is 24.8 Å². The fourth-order valence-corrected chi connectivity index (χ4v) is 3.73. The highest BCUT2D eigenvalue weighted by Gasteiger charge is 2.28. The van der Waals surface area contributed by atoms with Crippen LogP contribution in [-0.2, 0) is 6.54 Å². The van der Waals surface area contributed by atoms with Crippen LogP contribution in [-0.4, -0.2) is 42.0 Å². The minimum atomic E-state index is 0.848. The maximum absolute atomic E-state index is 2.70. The van der Waals surface area contributed by atoms with E-state index in [1.54, 1.807) is 0 Å². The molecule has 1 aromatic rings. The Morgan fingerprint density at radius 1 is 1.25 bits per heavy atom. The number of fused-ring (bicyclic) bond motifs is 1. The normalized spacial score (nSPS) is 27.9. The number of rotatable bonds is 2. The molecule has 0 bridgehead atoms. The van der Waals surface area contributed by atoms with Crippen LogP contribution in [0.15, 0.2) is 16.8 Å². The van der Waals surface area contributed by atoms with Crippen molar-refractivity contribution in [2.75, 3.05) is 26.2 Å². The Labute approximate surface area is 102 Å². The van der Waals surface area contributed by atoms with E-state index in [0.29, 0.717) is 0 Å². The Morgan fingerprint density at radius 2 is 2.19 bits per heavy atom. The molecule has 3 heterocycles. The molecule has 2 aliphatic rings. The van der Waals surface area contributed by atoms with Gasteiger partial charge < -0.3 is 0 Å². The van der Waals surface area contributed by atoms with E-state index in [9.17, 15) is 0 Å². The second-order valence-corrected chi connectivity index (χ2v) is 5.83. The molecule has 2 fully saturated rings. The lowest BCUT2D eigenvalue weighted by Crippen LogP contribution is -2.36. The average molecular weight is 236 g/mol. The van der Waals surface area contributed by atoms with Gasteiger partial charge in [0.15, 0.2) is 0 Å². The van der Waals surface area contributed by atoms with Crippen molar-refractivity contribution >= 4 is 11.3 Å². The van der Waals surface area contributed by atoms with Gasteiger partial charge in [-0.1, -0.05) is 0 Å². The van der Waals surface area contributed by atoms with E-state index in [1.165, 1.54) is 51.0 Å². The second-order valence-electron chi connectivity index (χ2n) is 5.05. The molecule has 88 valence electrons. The van der Waals surface area contributed by atoms with E-state index in [2.05, 4.69) is 26.6 Å². The molecule has 3 rings (SSSR count). The van der Waals surface area contributed by atoms with Crippen LogP contribution in [0.3, 0.4) is 0 Å². The molecule has 0 aliphatic carbocycles. The predicted octanol–water partition coefficient (Wildman–Crippen LogP) is 2.42. The van der Waals surface area contributed by atoms with Gasteiger partial charge in [-0.2, -0.15) is 11.3 Å². The summed E-state index contributed by atoms with van der Waals surface area (Å²) >= 11 is 1.82. The smallest absolute Gasteiger partial charge is 0.0242 e. The molecule has 2 aliphatic heterocycles. The fourth-order valence-electron chi connectivity index (χ4n) is 3.07. The topological polar surface area (TPSA) is 6.48 Å². The van der Waals surface area contributed by atoms with Crippen LogP contribution in [0.2, 0.25) is 0 Å². The Bertz CT molecular complexity index is 323. The van der Waals surface area contributed by atoms with E-state index in [1.807, 2.05) is 11.3 Å². The van der Waals surface area contributed by atoms with Crippen LogP contribution in [0, 0.1) is 0 Å². The molecule has 0 N–H and O–H groups in total. The van der Waals surface area contributed by atoms with Crippen LogP contribution >= 0.6 is 11.3 Å². The summed E-state index contributed by atoms with van der Waals surface area (Å²) in [5.74, 6) is 0. The third-order valence-electron chi connectivity index (χ3n) is 3.87. The molecule has 1 aromatic heterocycles. The van der Waals surface area contributed by atoms with Gasteiger partial charge in [0.05, 0.1) is 0 Å². The maximum atomic E-state index is 2.70. The first-order valence-corrected chi connectivity index (χ1v) is 7.33. The number of thiophene rings is 1. The van der Waals surface area contributed by atoms with Crippen LogP contribution in [0.25, 0.3) is 0 Å². The monoisotopic (exact) mass is 236 g/mol. The fraction of sp³-hybridized carbons (Fsp3) is 0.692. The van der Waals surface area contributed by atoms with Crippen molar-refractivity contribution < 1.29 is 0 Å². The van der Waals surface area contributed by atoms with Crippen LogP contribution in [0.4, 0.5) is 0 Å². The van der Waals surface area contributed by atoms with Gasteiger partial charge in [-0.3, -0.25) is 9.80 Å². The summed E-state index contributed by atoms with van der Waals surface area (Å²) < 4.78 is 0. The minimum absolute atomic E-state index is 0.848. The van der Waals surface area contributed by atoms with Gasteiger partial charge in [-0.05, 0) is 61.3 Å². The Kier molecular flexibility index (Phi) is 3.27. The predicted molar refractivity (Wildman–Crippen MR) is 68.8 cm³/mol. The molecule has 3 heteroatoms. The van der Waals surface area contributed by atoms with Crippen LogP contribution in [0.5, 0.6) is 0 Å². The SMILES string of the molecule is c1cc(CN2CCCN3CCCC3C2)cs1. The summed E-state index contributed by atoms with van der Waals surface area (Å²) in [4.78, 5) is 5.35. The zero-order valence-electron chi connectivity index (χ0n) is 9.77. The van der Waals surface area contributed by atoms with Gasteiger partial charge in [0, 0.05) is 19.1 Å². The van der Waals surface area contributed by atoms with E-state index < -0.39 is 0 Å². The summed E-state index contributed by atoms with van der Waals surface area (Å²) in [6, 6.07) is 3.11. The van der Waals surface area contributed by atoms with Crippen LogP contribution < -0.4 is 0 Å². The molecule has 16 heavy (non-hydrogen) atoms. The van der Waals surface area contributed by atoms with Crippen molar-refractivity contribution in [1.29, 1.82) is 0 Å². The highest BCUT2D eigenvalue weighted by molar-refractivity contribution is 7.07. The lowest BCUT2D eigenvalue weighted by atomic mass is 10.2. The van der Waals surface area contributed by atoms with Crippen molar-refractivity contribution in [2.45, 2.75) is 31.8 Å². The summed E-state index contributed by atoms with van der Waals surface area (Å²) in [5.41, 5.74) is 1.50. The average Bonchev–Trinajstić information content (AvgIpc) is 2.88. The van der Waals surface area contributed by atoms with Crippen molar-refractivity contribution in [3.8, 4) is 0 Å². The molecule has 1 atom stereocenters. The minimum Gasteiger partial charge on any atom is -0.299 e. The molecule has 0 saturated carbocycles. The lowest BCUT2D eigenvalue weighted by Gasteiger charge is -2.25. The van der Waals surface area contributed by atoms with Gasteiger partial charge in [-0.15, -0.1) is 0 Å². The molecule has 0 amide bonds. The molecule has 0 radical (unpaired) electrons. The first kappa shape index (κ1) is 10.8. The van der Waals surface area contributed by atoms with Crippen molar-refractivity contribution in [3.05, 3.63) is 22.4 Å². The summed E-state index contributed by atoms with van der Waals surface area (Å²) in [6.07, 6.45) is 4.18. The third kappa shape index (κ3) is 2.31. The Hall–Kier alpha value is -0.380. The largest absolute Gasteiger partial charge is 0.299 e. The standard InChI is InChI=1S/C13H20N2S/c1-3-13-10-14(5-2-7-15(13)6-1)9-12-4-8-16-11-12/h4,8,11,13H,1-3,5-7,9-10H2. The first-order chi connectivity index (χ1) is 7.92. The molecule has 2 nitrogen and oxygen atoms in total. The summed E-state index contributed by atoms with van der Waals surface area (Å²) in [7, 11) is 0. The summed E-state index contributed by atoms with van der Waals surface area (Å²) in [6.45, 7) is 6.40. The highest BCUT2D eigenvalue weighted by atomic mass is 32.1. The molecular formula is C13H20N2S. The quantitative estimate of drug-likeness (QED) is 0.778. The second kappa shape index (κ2) is 4.86. The summed E-state index contributed by atoms with van der Waals surface area (Å²) in [5, 5.41) is 4.48.